The van der Waals surface area contributed by atoms with Gasteiger partial charge in [0.2, 0.25) is 0 Å². The van der Waals surface area contributed by atoms with Crippen LogP contribution in [-0.2, 0) is 0 Å². The van der Waals surface area contributed by atoms with Gasteiger partial charge in [-0.1, -0.05) is 12.1 Å². The van der Waals surface area contributed by atoms with Crippen LogP contribution in [0.5, 0.6) is 23.0 Å². The lowest BCUT2D eigenvalue weighted by molar-refractivity contribution is 0.469. The summed E-state index contributed by atoms with van der Waals surface area (Å²) in [4.78, 5) is 0. The Morgan fingerprint density at radius 1 is 0.577 bits per heavy atom. The van der Waals surface area contributed by atoms with Crippen LogP contribution >= 0.6 is 0 Å². The normalized spacial score (nSPS) is 10.2. The number of rotatable bonds is 6. The Hall–Kier alpha value is -3.80. The van der Waals surface area contributed by atoms with Crippen molar-refractivity contribution in [1.82, 2.24) is 0 Å². The Bertz CT molecular complexity index is 935. The van der Waals surface area contributed by atoms with Crippen molar-refractivity contribution in [3.05, 3.63) is 83.9 Å². The van der Waals surface area contributed by atoms with E-state index in [9.17, 15) is 0 Å². The second-order valence-electron chi connectivity index (χ2n) is 5.56. The zero-order chi connectivity index (χ0) is 18.5. The van der Waals surface area contributed by atoms with E-state index in [0.717, 1.165) is 0 Å². The van der Waals surface area contributed by atoms with Crippen LogP contribution in [0.25, 0.3) is 0 Å². The summed E-state index contributed by atoms with van der Waals surface area (Å²) in [6, 6.07) is 21.2. The number of nitrogen functional groups attached to an aromatic ring is 2. The molecule has 0 saturated carbocycles. The Kier molecular flexibility index (Phi) is 4.85. The number of benzene rings is 3. The van der Waals surface area contributed by atoms with Crippen LogP contribution in [0.4, 0.5) is 0 Å². The third kappa shape index (κ3) is 4.18. The van der Waals surface area contributed by atoms with Crippen molar-refractivity contribution >= 4 is 11.7 Å². The van der Waals surface area contributed by atoms with Gasteiger partial charge in [0.1, 0.15) is 34.7 Å². The van der Waals surface area contributed by atoms with Gasteiger partial charge in [-0.25, -0.2) is 0 Å². The zero-order valence-electron chi connectivity index (χ0n) is 13.9. The summed E-state index contributed by atoms with van der Waals surface area (Å²) < 4.78 is 11.5. The van der Waals surface area contributed by atoms with Crippen LogP contribution in [0.1, 0.15) is 11.1 Å². The molecule has 3 aromatic rings. The minimum atomic E-state index is -0.00464. The molecule has 0 unspecified atom stereocenters. The molecule has 26 heavy (non-hydrogen) atoms. The Labute approximate surface area is 151 Å². The van der Waals surface area contributed by atoms with Gasteiger partial charge in [0, 0.05) is 11.1 Å². The largest absolute Gasteiger partial charge is 0.457 e. The van der Waals surface area contributed by atoms with Crippen LogP contribution in [0.3, 0.4) is 0 Å². The maximum absolute atomic E-state index is 7.47. The molecule has 0 spiro atoms. The first kappa shape index (κ1) is 17.0. The van der Waals surface area contributed by atoms with Crippen molar-refractivity contribution in [2.24, 2.45) is 11.5 Å². The summed E-state index contributed by atoms with van der Waals surface area (Å²) in [5.41, 5.74) is 12.2. The van der Waals surface area contributed by atoms with E-state index in [-0.39, 0.29) is 11.7 Å². The molecule has 0 aliphatic carbocycles. The standard InChI is InChI=1S/C20H18N4O2/c21-19(22)13-4-6-15(7-5-13)25-16-8-10-17(11-9-16)26-18-3-1-2-14(12-18)20(23)24/h1-12H,(H3,21,22)(H3,23,24). The van der Waals surface area contributed by atoms with Gasteiger partial charge in [0.25, 0.3) is 0 Å². The smallest absolute Gasteiger partial charge is 0.128 e. The van der Waals surface area contributed by atoms with Gasteiger partial charge in [0.05, 0.1) is 0 Å². The first-order valence-corrected chi connectivity index (χ1v) is 7.86. The molecule has 0 saturated heterocycles. The minimum Gasteiger partial charge on any atom is -0.457 e. The van der Waals surface area contributed by atoms with Crippen molar-refractivity contribution in [2.75, 3.05) is 0 Å². The van der Waals surface area contributed by atoms with Crippen LogP contribution in [0, 0.1) is 10.8 Å². The number of nitrogens with one attached hydrogen (secondary N) is 2. The molecule has 3 rings (SSSR count). The first-order chi connectivity index (χ1) is 12.5. The topological polar surface area (TPSA) is 118 Å². The zero-order valence-corrected chi connectivity index (χ0v) is 13.9. The number of amidine groups is 2. The van der Waals surface area contributed by atoms with Crippen LogP contribution in [-0.4, -0.2) is 11.7 Å². The second-order valence-corrected chi connectivity index (χ2v) is 5.56. The maximum Gasteiger partial charge on any atom is 0.128 e. The SMILES string of the molecule is N=C(N)c1ccc(Oc2ccc(Oc3cccc(C(=N)N)c3)cc2)cc1. The molecule has 6 N–H and O–H groups in total. The van der Waals surface area contributed by atoms with Gasteiger partial charge in [-0.3, -0.25) is 10.8 Å². The highest BCUT2D eigenvalue weighted by molar-refractivity contribution is 5.95. The molecule has 0 bridgehead atoms. The highest BCUT2D eigenvalue weighted by Gasteiger charge is 2.03. The first-order valence-electron chi connectivity index (χ1n) is 7.86. The summed E-state index contributed by atoms with van der Waals surface area (Å²) in [6.07, 6.45) is 0. The monoisotopic (exact) mass is 346 g/mol. The molecule has 0 heterocycles. The van der Waals surface area contributed by atoms with E-state index in [4.69, 9.17) is 31.8 Å². The molecule has 0 fully saturated rings. The maximum atomic E-state index is 7.47. The molecule has 0 aliphatic rings. The van der Waals surface area contributed by atoms with E-state index in [1.807, 2.05) is 0 Å². The van der Waals surface area contributed by atoms with Crippen molar-refractivity contribution in [2.45, 2.75) is 0 Å². The molecular formula is C20H18N4O2. The molecule has 6 nitrogen and oxygen atoms in total. The fourth-order valence-electron chi connectivity index (χ4n) is 2.28. The van der Waals surface area contributed by atoms with Crippen LogP contribution in [0.15, 0.2) is 72.8 Å². The van der Waals surface area contributed by atoms with Crippen molar-refractivity contribution in [3.8, 4) is 23.0 Å². The van der Waals surface area contributed by atoms with Crippen LogP contribution < -0.4 is 20.9 Å². The van der Waals surface area contributed by atoms with Crippen LogP contribution in [0.2, 0.25) is 0 Å². The van der Waals surface area contributed by atoms with E-state index < -0.39 is 0 Å². The predicted molar refractivity (Wildman–Crippen MR) is 102 cm³/mol. The van der Waals surface area contributed by atoms with E-state index in [0.29, 0.717) is 34.1 Å². The van der Waals surface area contributed by atoms with E-state index in [1.54, 1.807) is 72.8 Å². The van der Waals surface area contributed by atoms with E-state index >= 15 is 0 Å². The lowest BCUT2D eigenvalue weighted by Crippen LogP contribution is -2.10. The average molecular weight is 346 g/mol. The number of nitrogens with two attached hydrogens (primary N) is 2. The van der Waals surface area contributed by atoms with E-state index in [2.05, 4.69) is 0 Å². The molecule has 0 aromatic heterocycles. The van der Waals surface area contributed by atoms with Gasteiger partial charge < -0.3 is 20.9 Å². The fourth-order valence-corrected chi connectivity index (χ4v) is 2.28. The Balaban J connectivity index is 1.67. The summed E-state index contributed by atoms with van der Waals surface area (Å²) in [5, 5.41) is 14.9. The fraction of sp³-hybridized carbons (Fsp3) is 0. The number of hydrogen-bond acceptors (Lipinski definition) is 4. The van der Waals surface area contributed by atoms with Gasteiger partial charge in [-0.2, -0.15) is 0 Å². The highest BCUT2D eigenvalue weighted by Crippen LogP contribution is 2.27. The minimum absolute atomic E-state index is 0.00464. The van der Waals surface area contributed by atoms with Gasteiger partial charge in [-0.15, -0.1) is 0 Å². The summed E-state index contributed by atoms with van der Waals surface area (Å²) in [7, 11) is 0. The molecule has 0 amide bonds. The second kappa shape index (κ2) is 7.40. The van der Waals surface area contributed by atoms with E-state index in [1.165, 1.54) is 0 Å². The summed E-state index contributed by atoms with van der Waals surface area (Å²) in [5.74, 6) is 2.57. The van der Waals surface area contributed by atoms with Crippen molar-refractivity contribution in [3.63, 3.8) is 0 Å². The number of ether oxygens (including phenoxy) is 2. The molecule has 0 atom stereocenters. The summed E-state index contributed by atoms with van der Waals surface area (Å²) >= 11 is 0. The number of hydrogen-bond donors (Lipinski definition) is 4. The molecule has 3 aromatic carbocycles. The van der Waals surface area contributed by atoms with Crippen molar-refractivity contribution < 1.29 is 9.47 Å². The van der Waals surface area contributed by atoms with Crippen molar-refractivity contribution in [1.29, 1.82) is 10.8 Å². The molecule has 0 radical (unpaired) electrons. The third-order valence-electron chi connectivity index (χ3n) is 3.61. The van der Waals surface area contributed by atoms with Gasteiger partial charge in [-0.05, 0) is 60.7 Å². The molecular weight excluding hydrogens is 328 g/mol. The Morgan fingerprint density at radius 2 is 1.04 bits per heavy atom. The van der Waals surface area contributed by atoms with Gasteiger partial charge >= 0.3 is 0 Å². The quantitative estimate of drug-likeness (QED) is 0.400. The van der Waals surface area contributed by atoms with Gasteiger partial charge in [0.15, 0.2) is 0 Å². The Morgan fingerprint density at radius 3 is 1.54 bits per heavy atom. The average Bonchev–Trinajstić information content (AvgIpc) is 2.64. The highest BCUT2D eigenvalue weighted by atomic mass is 16.5. The predicted octanol–water partition coefficient (Wildman–Crippen LogP) is 3.84. The summed E-state index contributed by atoms with van der Waals surface area (Å²) in [6.45, 7) is 0. The molecule has 130 valence electrons. The molecule has 0 aliphatic heterocycles. The lowest BCUT2D eigenvalue weighted by Gasteiger charge is -2.09. The third-order valence-corrected chi connectivity index (χ3v) is 3.61. The lowest BCUT2D eigenvalue weighted by atomic mass is 10.2. The molecule has 6 heteroatoms.